The van der Waals surface area contributed by atoms with Crippen molar-refractivity contribution >= 4 is 34.2 Å². The molecule has 114 valence electrons. The van der Waals surface area contributed by atoms with Crippen molar-refractivity contribution < 1.29 is 9.72 Å². The highest BCUT2D eigenvalue weighted by Crippen LogP contribution is 2.31. The third-order valence-corrected chi connectivity index (χ3v) is 5.00. The van der Waals surface area contributed by atoms with Gasteiger partial charge in [-0.15, -0.1) is 11.8 Å². The fourth-order valence-electron chi connectivity index (χ4n) is 2.72. The van der Waals surface area contributed by atoms with Gasteiger partial charge >= 0.3 is 6.03 Å². The number of nitro groups is 1. The molecular weight excluding hydrogens is 302 g/mol. The summed E-state index contributed by atoms with van der Waals surface area (Å²) in [5, 5.41) is 11.5. The zero-order valence-corrected chi connectivity index (χ0v) is 12.7. The fraction of sp³-hybridized carbons (Fsp3) is 0.400. The second kappa shape index (κ2) is 6.39. The Bertz CT molecular complexity index is 667. The topological polar surface area (TPSA) is 84.9 Å². The molecule has 1 fully saturated rings. The van der Waals surface area contributed by atoms with Gasteiger partial charge in [0.2, 0.25) is 0 Å². The van der Waals surface area contributed by atoms with Crippen LogP contribution in [0.25, 0.3) is 0 Å². The zero-order valence-electron chi connectivity index (χ0n) is 11.9. The molecule has 1 atom stereocenters. The van der Waals surface area contributed by atoms with Crippen molar-refractivity contribution in [3.8, 4) is 0 Å². The number of fused-ring (bicyclic) bond motifs is 1. The maximum atomic E-state index is 11.6. The van der Waals surface area contributed by atoms with Crippen LogP contribution in [0.4, 0.5) is 10.5 Å². The number of carbonyl (C=O) groups is 1. The molecule has 1 unspecified atom stereocenters. The number of non-ortho nitro benzene ring substituents is 1. The van der Waals surface area contributed by atoms with Gasteiger partial charge in [0.15, 0.2) is 0 Å². The molecule has 0 radical (unpaired) electrons. The molecule has 7 heteroatoms. The molecule has 0 aromatic heterocycles. The molecule has 1 aromatic rings. The van der Waals surface area contributed by atoms with E-state index in [0.717, 1.165) is 42.0 Å². The average Bonchev–Trinajstić information content (AvgIpc) is 2.52. The predicted molar refractivity (Wildman–Crippen MR) is 86.6 cm³/mol. The van der Waals surface area contributed by atoms with Crippen molar-refractivity contribution in [1.29, 1.82) is 0 Å². The standard InChI is InChI=1S/C15H15N3O3S/c19-15-16-13-4-2-1-3-12(13)14(17-15)22-9-10-5-7-11(8-6-10)18(20)21/h5-8,12H,1-4,9H2. The molecule has 1 saturated carbocycles. The molecule has 2 aliphatic rings. The van der Waals surface area contributed by atoms with E-state index in [2.05, 4.69) is 9.98 Å². The Hall–Kier alpha value is -2.02. The molecule has 1 aromatic carbocycles. The maximum absolute atomic E-state index is 11.6. The van der Waals surface area contributed by atoms with Gasteiger partial charge in [0.1, 0.15) is 0 Å². The largest absolute Gasteiger partial charge is 0.367 e. The van der Waals surface area contributed by atoms with Crippen molar-refractivity contribution in [2.75, 3.05) is 0 Å². The van der Waals surface area contributed by atoms with Gasteiger partial charge in [-0.05, 0) is 24.8 Å². The predicted octanol–water partition coefficient (Wildman–Crippen LogP) is 3.99. The summed E-state index contributed by atoms with van der Waals surface area (Å²) in [6.07, 6.45) is 4.10. The maximum Gasteiger partial charge on any atom is 0.367 e. The number of amides is 2. The van der Waals surface area contributed by atoms with E-state index in [9.17, 15) is 14.9 Å². The van der Waals surface area contributed by atoms with E-state index >= 15 is 0 Å². The van der Waals surface area contributed by atoms with Gasteiger partial charge in [0.05, 0.1) is 9.97 Å². The quantitative estimate of drug-likeness (QED) is 0.623. The number of urea groups is 1. The highest BCUT2D eigenvalue weighted by atomic mass is 32.2. The molecule has 0 N–H and O–H groups in total. The monoisotopic (exact) mass is 317 g/mol. The van der Waals surface area contributed by atoms with E-state index in [0.29, 0.717) is 5.75 Å². The first-order chi connectivity index (χ1) is 10.6. The van der Waals surface area contributed by atoms with E-state index in [4.69, 9.17) is 0 Å². The number of thioether (sulfide) groups is 1. The van der Waals surface area contributed by atoms with Crippen LogP contribution in [-0.4, -0.2) is 21.7 Å². The van der Waals surface area contributed by atoms with Crippen LogP contribution in [-0.2, 0) is 5.75 Å². The molecule has 22 heavy (non-hydrogen) atoms. The van der Waals surface area contributed by atoms with Gasteiger partial charge in [-0.25, -0.2) is 9.79 Å². The third-order valence-electron chi connectivity index (χ3n) is 3.86. The van der Waals surface area contributed by atoms with Crippen LogP contribution in [0.2, 0.25) is 0 Å². The Morgan fingerprint density at radius 3 is 2.73 bits per heavy atom. The zero-order chi connectivity index (χ0) is 15.5. The van der Waals surface area contributed by atoms with Crippen molar-refractivity contribution in [2.45, 2.75) is 31.4 Å². The number of aliphatic imine (C=N–C) groups is 2. The minimum Gasteiger partial charge on any atom is -0.258 e. The SMILES string of the molecule is O=C1N=C2CCCCC2C(SCc2ccc([N+](=O)[O-])cc2)=N1. The number of benzene rings is 1. The highest BCUT2D eigenvalue weighted by molar-refractivity contribution is 8.13. The molecule has 1 aliphatic carbocycles. The molecule has 0 saturated heterocycles. The molecule has 3 rings (SSSR count). The Balaban J connectivity index is 1.67. The van der Waals surface area contributed by atoms with E-state index in [1.807, 2.05) is 0 Å². The third kappa shape index (κ3) is 3.24. The van der Waals surface area contributed by atoms with Gasteiger partial charge in [-0.2, -0.15) is 4.99 Å². The number of carbonyl (C=O) groups excluding carboxylic acids is 1. The van der Waals surface area contributed by atoms with Crippen molar-refractivity contribution in [3.05, 3.63) is 39.9 Å². The van der Waals surface area contributed by atoms with E-state index in [1.54, 1.807) is 12.1 Å². The molecular formula is C15H15N3O3S. The van der Waals surface area contributed by atoms with Crippen molar-refractivity contribution in [1.82, 2.24) is 0 Å². The van der Waals surface area contributed by atoms with Gasteiger partial charge < -0.3 is 0 Å². The van der Waals surface area contributed by atoms with Gasteiger partial charge in [-0.3, -0.25) is 10.1 Å². The average molecular weight is 317 g/mol. The Labute approximate surface area is 131 Å². The summed E-state index contributed by atoms with van der Waals surface area (Å²) in [6.45, 7) is 0. The molecule has 1 aliphatic heterocycles. The Kier molecular flexibility index (Phi) is 4.33. The van der Waals surface area contributed by atoms with E-state index < -0.39 is 11.0 Å². The normalized spacial score (nSPS) is 20.9. The summed E-state index contributed by atoms with van der Waals surface area (Å²) >= 11 is 1.53. The van der Waals surface area contributed by atoms with Crippen LogP contribution < -0.4 is 0 Å². The molecule has 1 heterocycles. The van der Waals surface area contributed by atoms with Crippen LogP contribution >= 0.6 is 11.8 Å². The highest BCUT2D eigenvalue weighted by Gasteiger charge is 2.30. The number of rotatable bonds is 3. The lowest BCUT2D eigenvalue weighted by Gasteiger charge is -2.27. The molecule has 2 amide bonds. The van der Waals surface area contributed by atoms with Crippen LogP contribution in [0.5, 0.6) is 0 Å². The number of nitrogens with zero attached hydrogens (tertiary/aromatic N) is 3. The second-order valence-electron chi connectivity index (χ2n) is 5.35. The van der Waals surface area contributed by atoms with Crippen molar-refractivity contribution in [2.24, 2.45) is 15.9 Å². The first-order valence-corrected chi connectivity index (χ1v) is 8.18. The number of nitro benzene ring substituents is 1. The van der Waals surface area contributed by atoms with Crippen LogP contribution in [0.3, 0.4) is 0 Å². The van der Waals surface area contributed by atoms with Gasteiger partial charge in [0, 0.05) is 29.5 Å². The van der Waals surface area contributed by atoms with Crippen LogP contribution in [0, 0.1) is 16.0 Å². The molecule has 0 bridgehead atoms. The lowest BCUT2D eigenvalue weighted by Crippen LogP contribution is -2.30. The Morgan fingerprint density at radius 1 is 1.23 bits per heavy atom. The molecule has 0 spiro atoms. The second-order valence-corrected chi connectivity index (χ2v) is 6.34. The van der Waals surface area contributed by atoms with E-state index in [-0.39, 0.29) is 11.6 Å². The van der Waals surface area contributed by atoms with Gasteiger partial charge in [0.25, 0.3) is 5.69 Å². The summed E-state index contributed by atoms with van der Waals surface area (Å²) in [5.41, 5.74) is 2.03. The smallest absolute Gasteiger partial charge is 0.258 e. The minimum atomic E-state index is -0.411. The summed E-state index contributed by atoms with van der Waals surface area (Å²) in [4.78, 5) is 29.9. The summed E-state index contributed by atoms with van der Waals surface area (Å²) in [6, 6.07) is 6.08. The fourth-order valence-corrected chi connectivity index (χ4v) is 3.82. The summed E-state index contributed by atoms with van der Waals surface area (Å²) in [7, 11) is 0. The lowest BCUT2D eigenvalue weighted by atomic mass is 9.87. The Morgan fingerprint density at radius 2 is 2.00 bits per heavy atom. The van der Waals surface area contributed by atoms with Crippen molar-refractivity contribution in [3.63, 3.8) is 0 Å². The van der Waals surface area contributed by atoms with Crippen LogP contribution in [0.1, 0.15) is 31.2 Å². The minimum absolute atomic E-state index is 0.0839. The van der Waals surface area contributed by atoms with Gasteiger partial charge in [-0.1, -0.05) is 18.6 Å². The number of hydrogen-bond acceptors (Lipinski definition) is 4. The summed E-state index contributed by atoms with van der Waals surface area (Å²) in [5.74, 6) is 0.836. The first kappa shape index (κ1) is 14.9. The van der Waals surface area contributed by atoms with E-state index in [1.165, 1.54) is 23.9 Å². The molecule has 6 nitrogen and oxygen atoms in total. The number of hydrogen-bond donors (Lipinski definition) is 0. The first-order valence-electron chi connectivity index (χ1n) is 7.19. The van der Waals surface area contributed by atoms with Crippen LogP contribution in [0.15, 0.2) is 34.3 Å². The lowest BCUT2D eigenvalue weighted by molar-refractivity contribution is -0.384. The summed E-state index contributed by atoms with van der Waals surface area (Å²) < 4.78 is 0.